The number of unbranched alkanes of at least 4 members (excludes halogenated alkanes) is 4. The molecule has 2 aromatic heterocycles. The van der Waals surface area contributed by atoms with Crippen LogP contribution in [-0.4, -0.2) is 265 Å². The molecule has 2 fully saturated rings. The first-order chi connectivity index (χ1) is 57.1. The second-order valence-electron chi connectivity index (χ2n) is 25.1. The molecular formula is C59H92N12O43P6S4. The van der Waals surface area contributed by atoms with Crippen LogP contribution in [0.4, 0.5) is 0 Å². The van der Waals surface area contributed by atoms with E-state index < -0.39 is 222 Å². The second-order valence-corrected chi connectivity index (χ2v) is 39.2. The van der Waals surface area contributed by atoms with E-state index in [1.807, 2.05) is 9.97 Å². The molecule has 2 aliphatic heterocycles. The van der Waals surface area contributed by atoms with Crippen LogP contribution in [0, 0.1) is 23.7 Å². The number of amides is 7. The number of hydrogen-bond acceptors (Lipinski definition) is 36. The average Bonchev–Trinajstić information content (AvgIpc) is 1.64. The lowest BCUT2D eigenvalue weighted by Gasteiger charge is -2.19. The normalized spacial score (nSPS) is 19.0. The Labute approximate surface area is 716 Å². The predicted molar refractivity (Wildman–Crippen MR) is 429 cm³/mol. The van der Waals surface area contributed by atoms with Gasteiger partial charge < -0.3 is 122 Å². The van der Waals surface area contributed by atoms with Gasteiger partial charge in [-0.05, 0) is 25.7 Å². The van der Waals surface area contributed by atoms with Gasteiger partial charge in [0.1, 0.15) is 53.9 Å². The molecule has 0 aliphatic carbocycles. The van der Waals surface area contributed by atoms with Gasteiger partial charge in [0.15, 0.2) is 0 Å². The van der Waals surface area contributed by atoms with Crippen molar-refractivity contribution < 1.29 is 186 Å². The number of nitrogens with zero attached hydrogens (tertiary/aromatic N) is 2. The number of aliphatic hydroxyl groups is 2. The molecule has 124 heavy (non-hydrogen) atoms. The van der Waals surface area contributed by atoms with Crippen molar-refractivity contribution in [3.8, 4) is 23.7 Å². The van der Waals surface area contributed by atoms with Gasteiger partial charge in [-0.3, -0.25) is 80.9 Å². The summed E-state index contributed by atoms with van der Waals surface area (Å²) in [6.45, 7) is -0.705. The van der Waals surface area contributed by atoms with Crippen LogP contribution >= 0.6 is 90.1 Å². The van der Waals surface area contributed by atoms with Crippen molar-refractivity contribution in [1.82, 2.24) is 56.3 Å². The number of carbonyl (C=O) groups is 11. The number of nitrogens with one attached hydrogen (secondary N) is 9. The fraction of sp³-hybridized carbons (Fsp3) is 0.610. The Morgan fingerprint density at radius 3 is 1.25 bits per heavy atom. The molecule has 700 valence electrons. The minimum absolute atomic E-state index is 0. The number of phosphoric ester groups is 2. The third-order valence-corrected chi connectivity index (χ3v) is 27.5. The zero-order valence-corrected chi connectivity index (χ0v) is 72.4. The molecule has 55 nitrogen and oxygen atoms in total. The molecule has 0 radical (unpaired) electrons. The number of rotatable bonds is 53. The number of hydrogen-bond donors (Lipinski definition) is 24. The van der Waals surface area contributed by atoms with Gasteiger partial charge in [0, 0.05) is 93.9 Å². The molecule has 4 heterocycles. The molecule has 14 unspecified atom stereocenters. The Hall–Kier alpha value is -7.33. The van der Waals surface area contributed by atoms with Crippen molar-refractivity contribution in [3.63, 3.8) is 0 Å². The number of H-pyrrole nitrogens is 2. The quantitative estimate of drug-likeness (QED) is 0.0132. The third-order valence-electron chi connectivity index (χ3n) is 15.1. The summed E-state index contributed by atoms with van der Waals surface area (Å²) in [5.41, 5.74) is 1.57. The molecule has 7 amide bonds. The molecule has 0 aromatic carbocycles. The van der Waals surface area contributed by atoms with Gasteiger partial charge in [-0.1, -0.05) is 87.1 Å². The average molecular weight is 1970 g/mol. The summed E-state index contributed by atoms with van der Waals surface area (Å²) in [5.74, 6) is 2.01. The highest BCUT2D eigenvalue weighted by Crippen LogP contribution is 2.67. The number of phosphoric acid groups is 6. The van der Waals surface area contributed by atoms with Gasteiger partial charge >= 0.3 is 82.2 Å². The summed E-state index contributed by atoms with van der Waals surface area (Å²) in [5, 5.41) is 73.3. The number of aliphatic carboxylic acids is 4. The summed E-state index contributed by atoms with van der Waals surface area (Å²) in [6.07, 6.45) is -5.98. The Bertz CT molecular complexity index is 4740. The van der Waals surface area contributed by atoms with Crippen molar-refractivity contribution >= 4 is 155 Å². The minimum Gasteiger partial charge on any atom is -0.481 e. The van der Waals surface area contributed by atoms with Crippen LogP contribution in [0.25, 0.3) is 0 Å². The maximum atomic E-state index is 12.7. The van der Waals surface area contributed by atoms with Gasteiger partial charge in [0.25, 0.3) is 11.1 Å². The fourth-order valence-electron chi connectivity index (χ4n) is 9.59. The first-order valence-electron chi connectivity index (χ1n) is 35.2. The van der Waals surface area contributed by atoms with E-state index in [2.05, 4.69) is 87.2 Å². The Balaban J connectivity index is 0.000000834. The van der Waals surface area contributed by atoms with Crippen molar-refractivity contribution in [3.05, 3.63) is 65.2 Å². The van der Waals surface area contributed by atoms with E-state index in [1.165, 1.54) is 50.1 Å². The van der Waals surface area contributed by atoms with Crippen molar-refractivity contribution in [2.75, 3.05) is 62.4 Å². The predicted octanol–water partition coefficient (Wildman–Crippen LogP) is -3.56. The zero-order chi connectivity index (χ0) is 92.8. The number of aromatic nitrogens is 4. The van der Waals surface area contributed by atoms with E-state index in [0.29, 0.717) is 44.3 Å². The maximum Gasteiger partial charge on any atom is 0.490 e. The van der Waals surface area contributed by atoms with Crippen LogP contribution < -0.4 is 65.4 Å². The Morgan fingerprint density at radius 1 is 0.508 bits per heavy atom. The molecule has 2 saturated heterocycles. The summed E-state index contributed by atoms with van der Waals surface area (Å²) >= 11 is 0. The smallest absolute Gasteiger partial charge is 0.481 e. The van der Waals surface area contributed by atoms with Gasteiger partial charge in [0.2, 0.25) is 41.4 Å². The Morgan fingerprint density at radius 2 is 0.887 bits per heavy atom. The van der Waals surface area contributed by atoms with Gasteiger partial charge in [-0.25, -0.2) is 46.6 Å². The number of nitrogens with two attached hydrogens (primary N) is 1. The van der Waals surface area contributed by atoms with Crippen LogP contribution in [-0.2, 0) is 116 Å². The second kappa shape index (κ2) is 54.8. The topological polar surface area (TPSA) is 867 Å². The highest BCUT2D eigenvalue weighted by atomic mass is 33.1. The van der Waals surface area contributed by atoms with Gasteiger partial charge in [-0.2, -0.15) is 17.2 Å². The molecule has 0 spiro atoms. The lowest BCUT2D eigenvalue weighted by Crippen LogP contribution is -2.47. The standard InChI is InChI=1S/C30H45N6O22P3S2.C28H43N6O21P3S2.CH4/c1-17(37)33-20(28(44)32-9-4-2-3-7-24(40)34-19(29(45)46)12-26(41)42)16-63-62-11-8-23(39)31-10-5-6-18-14-36(30(47)35-27(18)43)25-13-21(38)22(56-25)15-55-60(51,52)58-61(53,54)57-59(48,49)50;29-17(26(41)31-8-3-1-2-6-22(37)32-18(27(42)43)11-24(38)39)15-60-59-10-7-21(36)30-9-4-5-16-13-34(28(44)33-25(16)40)23-12-19(35)20(53-23)14-52-57(48,49)55-58(50,51)54-56(45,46)47;/h14,19-22,25,38H,2-4,7-13,15-16H2,1H3,(H,31,39)(H,32,44)(H,33,37)(H,34,40)(H,41,42)(H,45,46)(H,51,52)(H,53,54)(H,35,43,47)(H2,48,49,50);13,17-20,23,35H,1-3,6-12,14-15,29H2,(H,30,36)(H,31,41)(H,32,37)(H,38,39)(H,42,43)(H,48,49)(H,50,51)(H,33,40,44)(H2,45,46,47);1H4. The van der Waals surface area contributed by atoms with E-state index in [-0.39, 0.29) is 101 Å². The molecule has 2 aromatic rings. The number of aromatic amines is 2. The SMILES string of the molecule is C.CC(=O)NC(CSSCCC(=O)NCC#Cc1cn(C2CC(O)C(COP(=O)(O)OP(=O)(O)OP(=O)(O)O)O2)c(=O)[nH]c1=O)C(=O)NCCCCCC(=O)NC(CC(=O)O)C(=O)O.NC(CSSCCC(=O)NCC#Cc1cn(C2CC(O)C(COP(=O)(O)OP(=O)(O)OP(=O)(O)O)O2)c(=O)[nH]c1=O)C(=O)NCCCCCC(=O)NC(CC(=O)O)C(=O)O. The van der Waals surface area contributed by atoms with Crippen LogP contribution in [0.2, 0.25) is 0 Å². The lowest BCUT2D eigenvalue weighted by atomic mass is 10.1. The summed E-state index contributed by atoms with van der Waals surface area (Å²) in [6, 6.07) is -4.82. The molecule has 0 bridgehead atoms. The van der Waals surface area contributed by atoms with E-state index in [9.17, 15) is 129 Å². The molecule has 4 rings (SSSR count). The number of carbonyl (C=O) groups excluding carboxylic acids is 7. The number of carboxylic acids is 4. The van der Waals surface area contributed by atoms with E-state index in [0.717, 1.165) is 21.5 Å². The first-order valence-corrected chi connectivity index (χ1v) is 49.2. The molecule has 14 atom stereocenters. The molecule has 2 aliphatic rings. The van der Waals surface area contributed by atoms with Gasteiger partial charge in [0.05, 0.1) is 57.4 Å². The highest BCUT2D eigenvalue weighted by molar-refractivity contribution is 8.77. The Kier molecular flexibility index (Phi) is 49.8. The number of ether oxygens (including phenoxy) is 2. The van der Waals surface area contributed by atoms with Crippen molar-refractivity contribution in [1.29, 1.82) is 0 Å². The summed E-state index contributed by atoms with van der Waals surface area (Å²) in [7, 11) is -28.9. The molecule has 0 saturated carbocycles. The molecule has 65 heteroatoms. The first kappa shape index (κ1) is 113. The zero-order valence-electron chi connectivity index (χ0n) is 63.8. The number of carboxylic acid groups (broad SMARTS) is 4. The number of aliphatic hydroxyl groups excluding tert-OH is 2. The van der Waals surface area contributed by atoms with Crippen molar-refractivity contribution in [2.24, 2.45) is 5.73 Å². The van der Waals surface area contributed by atoms with Gasteiger partial charge in [-0.15, -0.1) is 0 Å². The highest BCUT2D eigenvalue weighted by Gasteiger charge is 2.45. The lowest BCUT2D eigenvalue weighted by molar-refractivity contribution is -0.147. The van der Waals surface area contributed by atoms with Crippen LogP contribution in [0.15, 0.2) is 31.6 Å². The van der Waals surface area contributed by atoms with E-state index >= 15 is 0 Å². The molecule has 25 N–H and O–H groups in total. The third kappa shape index (κ3) is 47.5. The van der Waals surface area contributed by atoms with Crippen LogP contribution in [0.5, 0.6) is 0 Å². The van der Waals surface area contributed by atoms with Crippen LogP contribution in [0.1, 0.15) is 128 Å². The minimum atomic E-state index is -5.80. The van der Waals surface area contributed by atoms with E-state index in [4.69, 9.17) is 55.2 Å². The van der Waals surface area contributed by atoms with Crippen molar-refractivity contribution in [2.45, 2.75) is 165 Å². The molecular weight excluding hydrogens is 1880 g/mol. The monoisotopic (exact) mass is 1970 g/mol. The van der Waals surface area contributed by atoms with E-state index in [1.54, 1.807) is 0 Å². The maximum absolute atomic E-state index is 12.7. The van der Waals surface area contributed by atoms with Crippen LogP contribution in [0.3, 0.4) is 0 Å². The summed E-state index contributed by atoms with van der Waals surface area (Å²) < 4.78 is 104. The largest absolute Gasteiger partial charge is 0.490 e. The fourth-order valence-corrected chi connectivity index (χ4v) is 19.9. The summed E-state index contributed by atoms with van der Waals surface area (Å²) in [4.78, 5) is 254.